The molecule has 4 nitrogen and oxygen atoms in total. The molecular weight excluding hydrogens is 786 g/mol. The molecule has 0 spiro atoms. The fourth-order valence-corrected chi connectivity index (χ4v) is 5.00. The highest BCUT2D eigenvalue weighted by Crippen LogP contribution is 2.64. The van der Waals surface area contributed by atoms with E-state index in [2.05, 4.69) is 4.52 Å². The van der Waals surface area contributed by atoms with E-state index in [-0.39, 0.29) is 11.1 Å². The van der Waals surface area contributed by atoms with Gasteiger partial charge in [0.1, 0.15) is 4.83 Å². The first-order valence-corrected chi connectivity index (χ1v) is 14.4. The van der Waals surface area contributed by atoms with Crippen LogP contribution in [0.5, 0.6) is 0 Å². The van der Waals surface area contributed by atoms with E-state index < -0.39 is 80.1 Å². The lowest BCUT2D eigenvalue weighted by Crippen LogP contribution is -2.75. The van der Waals surface area contributed by atoms with Crippen molar-refractivity contribution >= 4 is 23.8 Å². The van der Waals surface area contributed by atoms with Crippen molar-refractivity contribution in [3.63, 3.8) is 0 Å². The number of phosphoric ester groups is 1. The lowest BCUT2D eigenvalue weighted by Gasteiger charge is -2.43. The molecule has 0 saturated heterocycles. The second kappa shape index (κ2) is 13.6. The molecule has 0 bridgehead atoms. The summed E-state index contributed by atoms with van der Waals surface area (Å²) < 4.78 is 258. The largest absolute Gasteiger partial charge is 0.475 e. The quantitative estimate of drug-likeness (QED) is 0.0964. The molecule has 0 saturated carbocycles. The van der Waals surface area contributed by atoms with Crippen molar-refractivity contribution in [2.75, 3.05) is 6.61 Å². The average molecular weight is 803 g/mol. The van der Waals surface area contributed by atoms with Crippen LogP contribution < -0.4 is 0 Å². The first-order valence-electron chi connectivity index (χ1n) is 12.0. The lowest BCUT2D eigenvalue weighted by atomic mass is 9.88. The number of halogens is 18. The second-order valence-corrected chi connectivity index (χ2v) is 12.1. The molecule has 1 atom stereocenters. The van der Waals surface area contributed by atoms with Gasteiger partial charge in [-0.25, -0.2) is 4.57 Å². The van der Waals surface area contributed by atoms with Gasteiger partial charge in [-0.2, -0.15) is 74.6 Å². The standard InChI is InChI=1S/C24H17BrF17O4P/c25-16(13-46-47(43,44-11-14-7-3-1-4-8-14)45-12-15-9-5-2-6-10-15)17(26,27)18(28,29)19(30,31)20(32,33)21(34,35)22(36,37)23(38,39)24(40,41)42/h1-10,16H,11-13H2. The van der Waals surface area contributed by atoms with Gasteiger partial charge < -0.3 is 0 Å². The molecule has 47 heavy (non-hydrogen) atoms. The number of phosphoric acid groups is 1. The molecule has 0 amide bonds. The predicted octanol–water partition coefficient (Wildman–Crippen LogP) is 10.3. The van der Waals surface area contributed by atoms with Gasteiger partial charge in [0.25, 0.3) is 0 Å². The van der Waals surface area contributed by atoms with Crippen LogP contribution >= 0.6 is 23.8 Å². The summed E-state index contributed by atoms with van der Waals surface area (Å²) >= 11 is 1.62. The van der Waals surface area contributed by atoms with Crippen LogP contribution in [0, 0.1) is 0 Å². The predicted molar refractivity (Wildman–Crippen MR) is 129 cm³/mol. The fourth-order valence-electron chi connectivity index (χ4n) is 3.20. The van der Waals surface area contributed by atoms with Gasteiger partial charge in [-0.05, 0) is 11.1 Å². The summed E-state index contributed by atoms with van der Waals surface area (Å²) in [4.78, 5) is -3.80. The Morgan fingerprint density at radius 3 is 1.17 bits per heavy atom. The molecule has 0 aliphatic carbocycles. The molecule has 0 heterocycles. The van der Waals surface area contributed by atoms with E-state index in [0.717, 1.165) is 0 Å². The molecule has 2 rings (SSSR count). The third-order valence-corrected chi connectivity index (χ3v) is 8.18. The maximum atomic E-state index is 14.6. The Bertz CT molecular complexity index is 1330. The number of hydrogen-bond donors (Lipinski definition) is 0. The topological polar surface area (TPSA) is 44.8 Å². The highest BCUT2D eigenvalue weighted by atomic mass is 79.9. The Balaban J connectivity index is 2.40. The van der Waals surface area contributed by atoms with E-state index in [1.807, 2.05) is 0 Å². The molecule has 0 radical (unpaired) electrons. The molecule has 0 aliphatic rings. The molecule has 23 heteroatoms. The Labute approximate surface area is 260 Å². The third kappa shape index (κ3) is 7.55. The van der Waals surface area contributed by atoms with E-state index in [1.165, 1.54) is 60.7 Å². The van der Waals surface area contributed by atoms with E-state index in [1.54, 1.807) is 15.9 Å². The van der Waals surface area contributed by atoms with Gasteiger partial charge >= 0.3 is 55.5 Å². The van der Waals surface area contributed by atoms with E-state index in [9.17, 15) is 79.2 Å². The molecule has 1 unspecified atom stereocenters. The second-order valence-electron chi connectivity index (χ2n) is 9.30. The van der Waals surface area contributed by atoms with Gasteiger partial charge in [-0.3, -0.25) is 13.6 Å². The molecule has 0 fully saturated rings. The normalized spacial score (nSPS) is 15.5. The van der Waals surface area contributed by atoms with Crippen molar-refractivity contribution < 1.29 is 92.8 Å². The van der Waals surface area contributed by atoms with Gasteiger partial charge in [0.2, 0.25) is 0 Å². The summed E-state index contributed by atoms with van der Waals surface area (Å²) in [5.41, 5.74) is 0.394. The number of hydrogen-bond acceptors (Lipinski definition) is 4. The van der Waals surface area contributed by atoms with E-state index in [4.69, 9.17) is 9.05 Å². The summed E-state index contributed by atoms with van der Waals surface area (Å²) in [7, 11) is -5.24. The molecular formula is C24H17BrF17O4P. The molecule has 268 valence electrons. The van der Waals surface area contributed by atoms with Crippen LogP contribution in [-0.4, -0.2) is 59.1 Å². The SMILES string of the molecule is O=P(OCc1ccccc1)(OCc1ccccc1)OCC(Br)C(F)(F)C(F)(F)C(F)(F)C(F)(F)C(F)(F)C(F)(F)C(F)(F)C(F)(F)F. The van der Waals surface area contributed by atoms with Crippen molar-refractivity contribution in [2.24, 2.45) is 0 Å². The average Bonchev–Trinajstić information content (AvgIpc) is 2.97. The van der Waals surface area contributed by atoms with Crippen LogP contribution in [0.25, 0.3) is 0 Å². The van der Waals surface area contributed by atoms with Gasteiger partial charge in [-0.15, -0.1) is 0 Å². The maximum Gasteiger partial charge on any atom is 0.475 e. The van der Waals surface area contributed by atoms with Crippen molar-refractivity contribution in [3.8, 4) is 0 Å². The third-order valence-electron chi connectivity index (χ3n) is 5.98. The van der Waals surface area contributed by atoms with Gasteiger partial charge in [0.05, 0.1) is 19.8 Å². The Morgan fingerprint density at radius 1 is 0.511 bits per heavy atom. The summed E-state index contributed by atoms with van der Waals surface area (Å²) in [6, 6.07) is 14.1. The van der Waals surface area contributed by atoms with Crippen molar-refractivity contribution in [3.05, 3.63) is 71.8 Å². The van der Waals surface area contributed by atoms with Crippen LogP contribution in [0.2, 0.25) is 0 Å². The molecule has 2 aromatic carbocycles. The van der Waals surface area contributed by atoms with Crippen LogP contribution in [-0.2, 0) is 31.4 Å². The first-order chi connectivity index (χ1) is 21.0. The summed E-state index contributed by atoms with van der Waals surface area (Å²) in [5.74, 6) is -57.7. The molecule has 2 aromatic rings. The van der Waals surface area contributed by atoms with Crippen molar-refractivity contribution in [1.29, 1.82) is 0 Å². The van der Waals surface area contributed by atoms with E-state index >= 15 is 0 Å². The Kier molecular flexibility index (Phi) is 11.9. The first kappa shape index (κ1) is 41.0. The van der Waals surface area contributed by atoms with Crippen LogP contribution in [0.15, 0.2) is 60.7 Å². The number of rotatable bonds is 16. The zero-order chi connectivity index (χ0) is 36.5. The van der Waals surface area contributed by atoms with Gasteiger partial charge in [0.15, 0.2) is 0 Å². The van der Waals surface area contributed by atoms with Crippen molar-refractivity contribution in [1.82, 2.24) is 0 Å². The maximum absolute atomic E-state index is 14.6. The van der Waals surface area contributed by atoms with Crippen LogP contribution in [0.4, 0.5) is 74.6 Å². The van der Waals surface area contributed by atoms with Gasteiger partial charge in [0, 0.05) is 0 Å². The molecule has 0 aromatic heterocycles. The molecule has 0 aliphatic heterocycles. The van der Waals surface area contributed by atoms with E-state index in [0.29, 0.717) is 0 Å². The lowest BCUT2D eigenvalue weighted by molar-refractivity contribution is -0.461. The highest BCUT2D eigenvalue weighted by molar-refractivity contribution is 9.09. The van der Waals surface area contributed by atoms with Crippen LogP contribution in [0.1, 0.15) is 11.1 Å². The zero-order valence-electron chi connectivity index (χ0n) is 22.4. The number of benzene rings is 2. The minimum absolute atomic E-state index is 0.197. The fraction of sp³-hybridized carbons (Fsp3) is 0.500. The summed E-state index contributed by atoms with van der Waals surface area (Å²) in [6.45, 7) is -3.69. The zero-order valence-corrected chi connectivity index (χ0v) is 24.8. The monoisotopic (exact) mass is 802 g/mol. The summed E-state index contributed by atoms with van der Waals surface area (Å²) in [5, 5.41) is 0. The minimum Gasteiger partial charge on any atom is -0.285 e. The van der Waals surface area contributed by atoms with Gasteiger partial charge in [-0.1, -0.05) is 76.6 Å². The Hall–Kier alpha value is -2.16. The molecule has 0 N–H and O–H groups in total. The van der Waals surface area contributed by atoms with Crippen LogP contribution in [0.3, 0.4) is 0 Å². The highest BCUT2D eigenvalue weighted by Gasteiger charge is 2.95. The smallest absolute Gasteiger partial charge is 0.285 e. The Morgan fingerprint density at radius 2 is 0.830 bits per heavy atom. The minimum atomic E-state index is -8.76. The summed E-state index contributed by atoms with van der Waals surface area (Å²) in [6.07, 6.45) is -7.85. The van der Waals surface area contributed by atoms with Crippen molar-refractivity contribution in [2.45, 2.75) is 65.7 Å². The number of alkyl halides is 18.